The van der Waals surface area contributed by atoms with Gasteiger partial charge in [-0.3, -0.25) is 0 Å². The van der Waals surface area contributed by atoms with Gasteiger partial charge in [-0.25, -0.2) is 0 Å². The highest BCUT2D eigenvalue weighted by molar-refractivity contribution is 9.10. The maximum absolute atomic E-state index is 5.35. The number of hydrogen-bond donors (Lipinski definition) is 2. The normalized spacial score (nSPS) is 10.6. The second-order valence-corrected chi connectivity index (χ2v) is 5.15. The van der Waals surface area contributed by atoms with E-state index in [9.17, 15) is 0 Å². The lowest BCUT2D eigenvalue weighted by Gasteiger charge is -2.10. The summed E-state index contributed by atoms with van der Waals surface area (Å²) in [6.45, 7) is 6.25. The van der Waals surface area contributed by atoms with E-state index >= 15 is 0 Å². The SMILES string of the molecule is CCCNCCCNCc1ccc(Br)cc1OC. The second-order valence-electron chi connectivity index (χ2n) is 4.24. The van der Waals surface area contributed by atoms with Crippen LogP contribution in [0.1, 0.15) is 25.3 Å². The average molecular weight is 315 g/mol. The highest BCUT2D eigenvalue weighted by atomic mass is 79.9. The van der Waals surface area contributed by atoms with Gasteiger partial charge >= 0.3 is 0 Å². The van der Waals surface area contributed by atoms with Gasteiger partial charge in [-0.2, -0.15) is 0 Å². The Morgan fingerprint density at radius 1 is 1.17 bits per heavy atom. The molecule has 3 nitrogen and oxygen atoms in total. The molecule has 0 radical (unpaired) electrons. The Balaban J connectivity index is 2.22. The van der Waals surface area contributed by atoms with Crippen LogP contribution < -0.4 is 15.4 Å². The van der Waals surface area contributed by atoms with E-state index in [4.69, 9.17) is 4.74 Å². The first-order valence-corrected chi connectivity index (χ1v) is 7.31. The minimum atomic E-state index is 0.851. The maximum Gasteiger partial charge on any atom is 0.124 e. The number of methoxy groups -OCH3 is 1. The topological polar surface area (TPSA) is 33.3 Å². The van der Waals surface area contributed by atoms with Crippen LogP contribution in [0, 0.1) is 0 Å². The van der Waals surface area contributed by atoms with E-state index in [-0.39, 0.29) is 0 Å². The monoisotopic (exact) mass is 314 g/mol. The molecule has 0 aliphatic carbocycles. The molecule has 0 saturated heterocycles. The summed E-state index contributed by atoms with van der Waals surface area (Å²) in [5, 5.41) is 6.83. The van der Waals surface area contributed by atoms with Gasteiger partial charge in [0.25, 0.3) is 0 Å². The summed E-state index contributed by atoms with van der Waals surface area (Å²) in [7, 11) is 1.71. The first-order valence-electron chi connectivity index (χ1n) is 6.51. The van der Waals surface area contributed by atoms with Crippen molar-refractivity contribution in [3.63, 3.8) is 0 Å². The van der Waals surface area contributed by atoms with E-state index in [1.807, 2.05) is 12.1 Å². The second kappa shape index (κ2) is 9.36. The van der Waals surface area contributed by atoms with Crippen molar-refractivity contribution in [1.29, 1.82) is 0 Å². The number of hydrogen-bond acceptors (Lipinski definition) is 3. The molecule has 102 valence electrons. The van der Waals surface area contributed by atoms with Crippen LogP contribution in [0.5, 0.6) is 5.75 Å². The van der Waals surface area contributed by atoms with Crippen molar-refractivity contribution >= 4 is 15.9 Å². The zero-order valence-corrected chi connectivity index (χ0v) is 12.8. The smallest absolute Gasteiger partial charge is 0.124 e. The Morgan fingerprint density at radius 2 is 1.94 bits per heavy atom. The number of rotatable bonds is 9. The van der Waals surface area contributed by atoms with Gasteiger partial charge in [-0.05, 0) is 44.6 Å². The molecule has 0 amide bonds. The molecule has 0 atom stereocenters. The van der Waals surface area contributed by atoms with Crippen molar-refractivity contribution in [2.24, 2.45) is 0 Å². The van der Waals surface area contributed by atoms with E-state index in [0.717, 1.165) is 42.8 Å². The Kier molecular flexibility index (Phi) is 8.05. The molecule has 0 heterocycles. The zero-order valence-electron chi connectivity index (χ0n) is 11.3. The summed E-state index contributed by atoms with van der Waals surface area (Å²) < 4.78 is 6.40. The molecule has 1 rings (SSSR count). The number of benzene rings is 1. The summed E-state index contributed by atoms with van der Waals surface area (Å²) in [4.78, 5) is 0. The fourth-order valence-corrected chi connectivity index (χ4v) is 2.07. The molecule has 0 saturated carbocycles. The molecule has 0 aliphatic rings. The van der Waals surface area contributed by atoms with Crippen molar-refractivity contribution in [3.05, 3.63) is 28.2 Å². The van der Waals surface area contributed by atoms with Gasteiger partial charge in [-0.1, -0.05) is 28.9 Å². The molecule has 2 N–H and O–H groups in total. The highest BCUT2D eigenvalue weighted by Gasteiger charge is 2.02. The molecule has 18 heavy (non-hydrogen) atoms. The van der Waals surface area contributed by atoms with Crippen LogP contribution in [0.25, 0.3) is 0 Å². The van der Waals surface area contributed by atoms with Gasteiger partial charge in [0, 0.05) is 16.6 Å². The molecular weight excluding hydrogens is 292 g/mol. The Labute approximate surface area is 118 Å². The third-order valence-corrected chi connectivity index (χ3v) is 3.19. The summed E-state index contributed by atoms with van der Waals surface area (Å²) in [6, 6.07) is 6.13. The van der Waals surface area contributed by atoms with E-state index < -0.39 is 0 Å². The van der Waals surface area contributed by atoms with Gasteiger partial charge in [0.2, 0.25) is 0 Å². The predicted octanol–water partition coefficient (Wildman–Crippen LogP) is 2.94. The predicted molar refractivity (Wildman–Crippen MR) is 80.2 cm³/mol. The van der Waals surface area contributed by atoms with Crippen LogP contribution in [-0.4, -0.2) is 26.7 Å². The molecule has 0 spiro atoms. The fourth-order valence-electron chi connectivity index (χ4n) is 1.73. The van der Waals surface area contributed by atoms with Crippen molar-refractivity contribution in [2.75, 3.05) is 26.7 Å². The molecule has 0 bridgehead atoms. The Hall–Kier alpha value is -0.580. The van der Waals surface area contributed by atoms with Gasteiger partial charge in [-0.15, -0.1) is 0 Å². The third-order valence-electron chi connectivity index (χ3n) is 2.70. The molecule has 0 aliphatic heterocycles. The minimum Gasteiger partial charge on any atom is -0.496 e. The van der Waals surface area contributed by atoms with Crippen LogP contribution in [0.15, 0.2) is 22.7 Å². The first-order chi connectivity index (χ1) is 8.77. The molecule has 0 unspecified atom stereocenters. The van der Waals surface area contributed by atoms with Crippen LogP contribution in [0.4, 0.5) is 0 Å². The average Bonchev–Trinajstić information content (AvgIpc) is 2.39. The lowest BCUT2D eigenvalue weighted by atomic mass is 10.2. The fraction of sp³-hybridized carbons (Fsp3) is 0.571. The van der Waals surface area contributed by atoms with Crippen LogP contribution in [-0.2, 0) is 6.54 Å². The van der Waals surface area contributed by atoms with Crippen LogP contribution in [0.3, 0.4) is 0 Å². The van der Waals surface area contributed by atoms with E-state index in [1.54, 1.807) is 7.11 Å². The van der Waals surface area contributed by atoms with Crippen molar-refractivity contribution < 1.29 is 4.74 Å². The molecule has 0 fully saturated rings. The third kappa shape index (κ3) is 5.85. The van der Waals surface area contributed by atoms with Gasteiger partial charge < -0.3 is 15.4 Å². The summed E-state index contributed by atoms with van der Waals surface area (Å²) in [5.74, 6) is 0.931. The van der Waals surface area contributed by atoms with E-state index in [1.165, 1.54) is 12.0 Å². The van der Waals surface area contributed by atoms with Crippen molar-refractivity contribution in [2.45, 2.75) is 26.3 Å². The lowest BCUT2D eigenvalue weighted by Crippen LogP contribution is -2.22. The molecule has 0 aromatic heterocycles. The Bertz CT molecular complexity index is 345. The highest BCUT2D eigenvalue weighted by Crippen LogP contribution is 2.23. The maximum atomic E-state index is 5.35. The summed E-state index contributed by atoms with van der Waals surface area (Å²) >= 11 is 3.45. The lowest BCUT2D eigenvalue weighted by molar-refractivity contribution is 0.407. The van der Waals surface area contributed by atoms with Crippen LogP contribution >= 0.6 is 15.9 Å². The first kappa shape index (κ1) is 15.5. The standard InChI is InChI=1S/C14H23BrN2O/c1-3-7-16-8-4-9-17-11-12-5-6-13(15)10-14(12)18-2/h5-6,10,16-17H,3-4,7-9,11H2,1-2H3. The Morgan fingerprint density at radius 3 is 2.67 bits per heavy atom. The zero-order chi connectivity index (χ0) is 13.2. The minimum absolute atomic E-state index is 0.851. The van der Waals surface area contributed by atoms with Gasteiger partial charge in [0.15, 0.2) is 0 Å². The number of halogens is 1. The van der Waals surface area contributed by atoms with Gasteiger partial charge in [0.05, 0.1) is 7.11 Å². The van der Waals surface area contributed by atoms with Crippen LogP contribution in [0.2, 0.25) is 0 Å². The quantitative estimate of drug-likeness (QED) is 0.688. The molecule has 4 heteroatoms. The van der Waals surface area contributed by atoms with E-state index in [0.29, 0.717) is 0 Å². The number of ether oxygens (including phenoxy) is 1. The molecule has 1 aromatic rings. The summed E-state index contributed by atoms with van der Waals surface area (Å²) in [6.07, 6.45) is 2.35. The number of nitrogens with one attached hydrogen (secondary N) is 2. The largest absolute Gasteiger partial charge is 0.496 e. The van der Waals surface area contributed by atoms with E-state index in [2.05, 4.69) is 39.6 Å². The van der Waals surface area contributed by atoms with Gasteiger partial charge in [0.1, 0.15) is 5.75 Å². The molecule has 1 aromatic carbocycles. The van der Waals surface area contributed by atoms with Crippen molar-refractivity contribution in [3.8, 4) is 5.75 Å². The van der Waals surface area contributed by atoms with Crippen molar-refractivity contribution in [1.82, 2.24) is 10.6 Å². The molecular formula is C14H23BrN2O. The summed E-state index contributed by atoms with van der Waals surface area (Å²) in [5.41, 5.74) is 1.20.